The predicted octanol–water partition coefficient (Wildman–Crippen LogP) is 4.38. The Balaban J connectivity index is 1.50. The molecule has 0 radical (unpaired) electrons. The molecule has 1 aromatic heterocycles. The minimum absolute atomic E-state index is 0.0467. The summed E-state index contributed by atoms with van der Waals surface area (Å²) in [5.41, 5.74) is 0.664. The number of ether oxygens (including phenoxy) is 3. The number of halogens is 1. The number of aliphatic carboxylic acids is 1. The molecular formula is C23H21ClO7. The minimum atomic E-state index is -0.778. The average molecular weight is 445 g/mol. The summed E-state index contributed by atoms with van der Waals surface area (Å²) in [4.78, 5) is 23.4. The zero-order chi connectivity index (χ0) is 22.0. The summed E-state index contributed by atoms with van der Waals surface area (Å²) >= 11 is 6.21. The third kappa shape index (κ3) is 4.38. The summed E-state index contributed by atoms with van der Waals surface area (Å²) in [7, 11) is 1.51. The highest BCUT2D eigenvalue weighted by molar-refractivity contribution is 6.34. The molecule has 0 bridgehead atoms. The van der Waals surface area contributed by atoms with E-state index >= 15 is 0 Å². The molecule has 1 fully saturated rings. The lowest BCUT2D eigenvalue weighted by Crippen LogP contribution is -2.37. The summed E-state index contributed by atoms with van der Waals surface area (Å²) < 4.78 is 22.9. The van der Waals surface area contributed by atoms with Crippen LogP contribution in [0.2, 0.25) is 5.02 Å². The summed E-state index contributed by atoms with van der Waals surface area (Å²) in [6, 6.07) is 11.7. The molecule has 0 amide bonds. The molecule has 0 spiro atoms. The van der Waals surface area contributed by atoms with Crippen molar-refractivity contribution >= 4 is 28.5 Å². The van der Waals surface area contributed by atoms with E-state index in [1.807, 2.05) is 0 Å². The topological polar surface area (TPSA) is 95.2 Å². The Morgan fingerprint density at radius 1 is 1.19 bits per heavy atom. The Bertz CT molecular complexity index is 1160. The monoisotopic (exact) mass is 444 g/mol. The molecule has 0 saturated heterocycles. The van der Waals surface area contributed by atoms with E-state index in [1.165, 1.54) is 13.2 Å². The van der Waals surface area contributed by atoms with Gasteiger partial charge >= 0.3 is 5.97 Å². The first kappa shape index (κ1) is 21.2. The molecule has 1 aliphatic carbocycles. The van der Waals surface area contributed by atoms with Crippen molar-refractivity contribution in [2.75, 3.05) is 20.3 Å². The fourth-order valence-electron chi connectivity index (χ4n) is 3.58. The average Bonchev–Trinajstić information content (AvgIpc) is 2.72. The largest absolute Gasteiger partial charge is 0.492 e. The molecule has 31 heavy (non-hydrogen) atoms. The summed E-state index contributed by atoms with van der Waals surface area (Å²) in [6.45, 7) is 0.590. The van der Waals surface area contributed by atoms with Crippen molar-refractivity contribution in [1.82, 2.24) is 0 Å². The number of para-hydroxylation sites is 2. The SMILES string of the molecule is COc1c(OCCOC2CC(C(=O)O)C2)cccc1-c1cc(=O)c2cccc(Cl)c2o1. The van der Waals surface area contributed by atoms with E-state index in [0.717, 1.165) is 0 Å². The van der Waals surface area contributed by atoms with Gasteiger partial charge in [0, 0.05) is 6.07 Å². The van der Waals surface area contributed by atoms with Gasteiger partial charge < -0.3 is 23.7 Å². The van der Waals surface area contributed by atoms with Crippen LogP contribution in [0.25, 0.3) is 22.3 Å². The fraction of sp³-hybridized carbons (Fsp3) is 0.304. The van der Waals surface area contributed by atoms with E-state index in [-0.39, 0.29) is 24.1 Å². The first-order valence-electron chi connectivity index (χ1n) is 9.85. The lowest BCUT2D eigenvalue weighted by atomic mass is 9.82. The maximum Gasteiger partial charge on any atom is 0.306 e. The van der Waals surface area contributed by atoms with Crippen LogP contribution in [-0.2, 0) is 9.53 Å². The zero-order valence-electron chi connectivity index (χ0n) is 16.8. The Hall–Kier alpha value is -3.03. The van der Waals surface area contributed by atoms with Crippen molar-refractivity contribution in [3.05, 3.63) is 57.7 Å². The molecule has 3 aromatic rings. The second kappa shape index (κ2) is 8.99. The van der Waals surface area contributed by atoms with Crippen molar-refractivity contribution < 1.29 is 28.5 Å². The predicted molar refractivity (Wildman–Crippen MR) is 115 cm³/mol. The van der Waals surface area contributed by atoms with Gasteiger partial charge in [0.15, 0.2) is 22.5 Å². The second-order valence-electron chi connectivity index (χ2n) is 7.28. The quantitative estimate of drug-likeness (QED) is 0.515. The van der Waals surface area contributed by atoms with E-state index in [2.05, 4.69) is 0 Å². The molecule has 4 rings (SSSR count). The van der Waals surface area contributed by atoms with Gasteiger partial charge in [0.25, 0.3) is 0 Å². The maximum atomic E-state index is 12.5. The van der Waals surface area contributed by atoms with Gasteiger partial charge in [-0.15, -0.1) is 0 Å². The molecule has 1 N–H and O–H groups in total. The Morgan fingerprint density at radius 3 is 2.71 bits per heavy atom. The Kier molecular flexibility index (Phi) is 6.15. The first-order chi connectivity index (χ1) is 15.0. The molecule has 0 unspecified atom stereocenters. The van der Waals surface area contributed by atoms with Crippen molar-refractivity contribution in [2.24, 2.45) is 5.92 Å². The first-order valence-corrected chi connectivity index (χ1v) is 10.2. The molecule has 0 aliphatic heterocycles. The van der Waals surface area contributed by atoms with Crippen LogP contribution in [0.5, 0.6) is 11.5 Å². The van der Waals surface area contributed by atoms with Gasteiger partial charge in [-0.25, -0.2) is 0 Å². The van der Waals surface area contributed by atoms with Crippen LogP contribution in [-0.4, -0.2) is 37.5 Å². The summed E-state index contributed by atoms with van der Waals surface area (Å²) in [6.07, 6.45) is 1.00. The molecule has 1 saturated carbocycles. The van der Waals surface area contributed by atoms with E-state index in [0.29, 0.717) is 58.3 Å². The van der Waals surface area contributed by atoms with Gasteiger partial charge in [-0.1, -0.05) is 23.7 Å². The van der Waals surface area contributed by atoms with Gasteiger partial charge in [0.05, 0.1) is 41.7 Å². The van der Waals surface area contributed by atoms with Gasteiger partial charge in [0.2, 0.25) is 0 Å². The highest BCUT2D eigenvalue weighted by Gasteiger charge is 2.35. The Morgan fingerprint density at radius 2 is 1.97 bits per heavy atom. The van der Waals surface area contributed by atoms with Crippen LogP contribution in [0.4, 0.5) is 0 Å². The fourth-order valence-corrected chi connectivity index (χ4v) is 3.79. The molecule has 1 aliphatic rings. The number of hydrogen-bond acceptors (Lipinski definition) is 6. The number of carboxylic acids is 1. The third-order valence-electron chi connectivity index (χ3n) is 5.29. The van der Waals surface area contributed by atoms with Crippen molar-refractivity contribution in [2.45, 2.75) is 18.9 Å². The molecule has 8 heteroatoms. The van der Waals surface area contributed by atoms with E-state index in [1.54, 1.807) is 36.4 Å². The maximum absolute atomic E-state index is 12.5. The van der Waals surface area contributed by atoms with Crippen molar-refractivity contribution in [3.8, 4) is 22.8 Å². The number of carbonyl (C=O) groups is 1. The lowest BCUT2D eigenvalue weighted by Gasteiger charge is -2.32. The zero-order valence-corrected chi connectivity index (χ0v) is 17.6. The molecule has 7 nitrogen and oxygen atoms in total. The highest BCUT2D eigenvalue weighted by atomic mass is 35.5. The molecule has 2 aromatic carbocycles. The van der Waals surface area contributed by atoms with Crippen molar-refractivity contribution in [3.63, 3.8) is 0 Å². The highest BCUT2D eigenvalue weighted by Crippen LogP contribution is 2.39. The number of methoxy groups -OCH3 is 1. The minimum Gasteiger partial charge on any atom is -0.492 e. The third-order valence-corrected chi connectivity index (χ3v) is 5.59. The number of benzene rings is 2. The van der Waals surface area contributed by atoms with Gasteiger partial charge in [-0.3, -0.25) is 9.59 Å². The molecular weight excluding hydrogens is 424 g/mol. The van der Waals surface area contributed by atoms with Crippen LogP contribution in [0.3, 0.4) is 0 Å². The van der Waals surface area contributed by atoms with E-state index in [9.17, 15) is 9.59 Å². The Labute approximate surface area is 183 Å². The van der Waals surface area contributed by atoms with Crippen LogP contribution < -0.4 is 14.9 Å². The van der Waals surface area contributed by atoms with Gasteiger partial charge in [-0.2, -0.15) is 0 Å². The van der Waals surface area contributed by atoms with Gasteiger partial charge in [-0.05, 0) is 37.1 Å². The number of fused-ring (bicyclic) bond motifs is 1. The molecule has 162 valence electrons. The normalized spacial score (nSPS) is 17.9. The van der Waals surface area contributed by atoms with Crippen LogP contribution in [0.15, 0.2) is 51.7 Å². The van der Waals surface area contributed by atoms with Gasteiger partial charge in [0.1, 0.15) is 12.4 Å². The molecule has 1 heterocycles. The number of carboxylic acid groups (broad SMARTS) is 1. The summed E-state index contributed by atoms with van der Waals surface area (Å²) in [5, 5.41) is 9.66. The van der Waals surface area contributed by atoms with Crippen molar-refractivity contribution in [1.29, 1.82) is 0 Å². The number of rotatable bonds is 8. The standard InChI is InChI=1S/C23H21ClO7/c1-28-22-16(20-12-18(25)15-4-2-6-17(24)21(15)31-20)5-3-7-19(22)30-9-8-29-14-10-13(11-14)23(26)27/h2-7,12-14H,8-11H2,1H3,(H,26,27). The van der Waals surface area contributed by atoms with E-state index < -0.39 is 5.97 Å². The van der Waals surface area contributed by atoms with Crippen LogP contribution in [0.1, 0.15) is 12.8 Å². The van der Waals surface area contributed by atoms with Crippen LogP contribution in [0, 0.1) is 5.92 Å². The number of hydrogen-bond donors (Lipinski definition) is 1. The summed E-state index contributed by atoms with van der Waals surface area (Å²) in [5.74, 6) is 0.125. The smallest absolute Gasteiger partial charge is 0.306 e. The van der Waals surface area contributed by atoms with Crippen LogP contribution >= 0.6 is 11.6 Å². The second-order valence-corrected chi connectivity index (χ2v) is 7.68. The molecule has 0 atom stereocenters. The lowest BCUT2D eigenvalue weighted by molar-refractivity contribution is -0.151. The van der Waals surface area contributed by atoms with E-state index in [4.69, 9.17) is 35.3 Å².